The van der Waals surface area contributed by atoms with Crippen LogP contribution in [0.5, 0.6) is 0 Å². The number of imide groups is 1. The van der Waals surface area contributed by atoms with Gasteiger partial charge >= 0.3 is 0 Å². The highest BCUT2D eigenvalue weighted by atomic mass is 32.2. The van der Waals surface area contributed by atoms with Gasteiger partial charge in [0.25, 0.3) is 11.1 Å². The molecule has 0 saturated carbocycles. The lowest BCUT2D eigenvalue weighted by atomic mass is 10.1. The normalized spacial score (nSPS) is 19.4. The van der Waals surface area contributed by atoms with Crippen molar-refractivity contribution in [3.63, 3.8) is 0 Å². The van der Waals surface area contributed by atoms with Crippen molar-refractivity contribution in [2.45, 2.75) is 6.92 Å². The summed E-state index contributed by atoms with van der Waals surface area (Å²) in [7, 11) is 0. The van der Waals surface area contributed by atoms with Crippen molar-refractivity contribution in [3.8, 4) is 0 Å². The number of anilines is 1. The molecular weight excluding hydrogens is 389 g/mol. The van der Waals surface area contributed by atoms with Crippen molar-refractivity contribution in [3.05, 3.63) is 70.4 Å². The van der Waals surface area contributed by atoms with E-state index in [1.54, 1.807) is 18.2 Å². The molecule has 2 fully saturated rings. The van der Waals surface area contributed by atoms with E-state index >= 15 is 0 Å². The minimum atomic E-state index is -0.411. The summed E-state index contributed by atoms with van der Waals surface area (Å²) in [5, 5.41) is -0.307. The number of hydrogen-bond acceptors (Lipinski definition) is 5. The molecule has 2 saturated heterocycles. The third-order valence-corrected chi connectivity index (χ3v) is 6.14. The van der Waals surface area contributed by atoms with Gasteiger partial charge in [-0.25, -0.2) is 4.39 Å². The Bertz CT molecular complexity index is 970. The monoisotopic (exact) mass is 411 g/mol. The molecule has 2 amide bonds. The number of rotatable bonds is 4. The number of halogens is 1. The number of thioether (sulfide) groups is 1. The van der Waals surface area contributed by atoms with E-state index in [1.165, 1.54) is 28.3 Å². The molecular formula is C22H22FN3O2S. The zero-order valence-corrected chi connectivity index (χ0v) is 17.0. The smallest absolute Gasteiger partial charge is 0.294 e. The molecule has 0 atom stereocenters. The maximum Gasteiger partial charge on any atom is 0.294 e. The zero-order valence-electron chi connectivity index (χ0n) is 16.2. The number of piperazine rings is 1. The fourth-order valence-corrected chi connectivity index (χ4v) is 4.43. The summed E-state index contributed by atoms with van der Waals surface area (Å²) < 4.78 is 13.9. The molecule has 29 heavy (non-hydrogen) atoms. The van der Waals surface area contributed by atoms with Crippen LogP contribution in [0.4, 0.5) is 14.9 Å². The van der Waals surface area contributed by atoms with E-state index in [4.69, 9.17) is 0 Å². The number of hydrogen-bond donors (Lipinski definition) is 0. The highest BCUT2D eigenvalue weighted by Gasteiger charge is 2.36. The van der Waals surface area contributed by atoms with Gasteiger partial charge in [-0.05, 0) is 42.5 Å². The van der Waals surface area contributed by atoms with Crippen LogP contribution >= 0.6 is 11.8 Å². The average molecular weight is 412 g/mol. The molecule has 7 heteroatoms. The molecule has 0 N–H and O–H groups in total. The van der Waals surface area contributed by atoms with E-state index in [9.17, 15) is 14.0 Å². The number of para-hydroxylation sites is 1. The van der Waals surface area contributed by atoms with Crippen LogP contribution in [0.15, 0.2) is 53.4 Å². The maximum atomic E-state index is 13.9. The summed E-state index contributed by atoms with van der Waals surface area (Å²) in [6.45, 7) is 5.58. The van der Waals surface area contributed by atoms with Gasteiger partial charge in [0.05, 0.1) is 11.6 Å². The van der Waals surface area contributed by atoms with E-state index in [1.807, 2.05) is 12.1 Å². The molecule has 2 aliphatic heterocycles. The highest BCUT2D eigenvalue weighted by molar-refractivity contribution is 8.18. The maximum absolute atomic E-state index is 13.9. The summed E-state index contributed by atoms with van der Waals surface area (Å²) in [6, 6.07) is 14.5. The second-order valence-corrected chi connectivity index (χ2v) is 8.16. The van der Waals surface area contributed by atoms with Gasteiger partial charge in [-0.15, -0.1) is 0 Å². The molecule has 2 aromatic carbocycles. The summed E-state index contributed by atoms with van der Waals surface area (Å²) in [5.41, 5.74) is 2.78. The quantitative estimate of drug-likeness (QED) is 0.713. The topological polar surface area (TPSA) is 43.9 Å². The van der Waals surface area contributed by atoms with Crippen LogP contribution in [0.25, 0.3) is 6.08 Å². The SMILES string of the molecule is Cc1ccccc1N1CCN(CN2C(=O)S/C(=C/c3ccccc3F)C2=O)CC1. The Balaban J connectivity index is 1.39. The van der Waals surface area contributed by atoms with Crippen molar-refractivity contribution in [1.82, 2.24) is 9.80 Å². The van der Waals surface area contributed by atoms with Gasteiger partial charge in [-0.2, -0.15) is 0 Å². The van der Waals surface area contributed by atoms with Crippen LogP contribution < -0.4 is 4.90 Å². The van der Waals surface area contributed by atoms with Crippen LogP contribution in [-0.2, 0) is 4.79 Å². The Labute approximate surface area is 173 Å². The Morgan fingerprint density at radius 3 is 2.41 bits per heavy atom. The molecule has 0 aromatic heterocycles. The number of benzene rings is 2. The Kier molecular flexibility index (Phi) is 5.69. The molecule has 0 radical (unpaired) electrons. The number of amides is 2. The lowest BCUT2D eigenvalue weighted by Gasteiger charge is -2.37. The van der Waals surface area contributed by atoms with Crippen molar-refractivity contribution in [2.24, 2.45) is 0 Å². The first-order chi connectivity index (χ1) is 14.0. The van der Waals surface area contributed by atoms with E-state index < -0.39 is 5.82 Å². The predicted molar refractivity (Wildman–Crippen MR) is 114 cm³/mol. The van der Waals surface area contributed by atoms with Crippen LogP contribution in [-0.4, -0.2) is 53.8 Å². The van der Waals surface area contributed by atoms with Gasteiger partial charge in [0.1, 0.15) is 5.82 Å². The summed E-state index contributed by atoms with van der Waals surface area (Å²) >= 11 is 0.868. The lowest BCUT2D eigenvalue weighted by Crippen LogP contribution is -2.51. The van der Waals surface area contributed by atoms with Gasteiger partial charge < -0.3 is 4.90 Å². The van der Waals surface area contributed by atoms with Crippen LogP contribution in [0.1, 0.15) is 11.1 Å². The van der Waals surface area contributed by atoms with E-state index in [-0.39, 0.29) is 22.7 Å². The van der Waals surface area contributed by atoms with Crippen molar-refractivity contribution in [2.75, 3.05) is 37.7 Å². The predicted octanol–water partition coefficient (Wildman–Crippen LogP) is 3.95. The van der Waals surface area contributed by atoms with Crippen molar-refractivity contribution < 1.29 is 14.0 Å². The molecule has 5 nitrogen and oxygen atoms in total. The molecule has 0 bridgehead atoms. The third-order valence-electron chi connectivity index (χ3n) is 5.24. The third kappa shape index (κ3) is 4.21. The molecule has 0 unspecified atom stereocenters. The summed E-state index contributed by atoms with van der Waals surface area (Å²) in [4.78, 5) is 31.0. The molecule has 0 spiro atoms. The van der Waals surface area contributed by atoms with Crippen molar-refractivity contribution >= 4 is 34.7 Å². The Hall–Kier alpha value is -2.64. The van der Waals surface area contributed by atoms with Gasteiger partial charge in [0.15, 0.2) is 0 Å². The van der Waals surface area contributed by atoms with Crippen molar-refractivity contribution in [1.29, 1.82) is 0 Å². The fourth-order valence-electron chi connectivity index (χ4n) is 3.60. The zero-order chi connectivity index (χ0) is 20.4. The molecule has 150 valence electrons. The molecule has 2 heterocycles. The molecule has 2 aromatic rings. The second-order valence-electron chi connectivity index (χ2n) is 7.16. The van der Waals surface area contributed by atoms with Gasteiger partial charge in [0.2, 0.25) is 0 Å². The second kappa shape index (κ2) is 8.39. The lowest BCUT2D eigenvalue weighted by molar-refractivity contribution is -0.124. The van der Waals surface area contributed by atoms with Gasteiger partial charge in [0, 0.05) is 37.4 Å². The number of aryl methyl sites for hydroxylation is 1. The first-order valence-corrected chi connectivity index (χ1v) is 10.4. The van der Waals surface area contributed by atoms with E-state index in [0.717, 1.165) is 37.9 Å². The van der Waals surface area contributed by atoms with E-state index in [2.05, 4.69) is 28.9 Å². The first kappa shape index (κ1) is 19.7. The molecule has 0 aliphatic carbocycles. The number of carbonyl (C=O) groups is 2. The first-order valence-electron chi connectivity index (χ1n) is 9.56. The minimum Gasteiger partial charge on any atom is -0.369 e. The van der Waals surface area contributed by atoms with Gasteiger partial charge in [-0.3, -0.25) is 19.4 Å². The standard InChI is InChI=1S/C22H22FN3O2S/c1-16-6-2-5-9-19(16)25-12-10-24(11-13-25)15-26-21(27)20(29-22(26)28)14-17-7-3-4-8-18(17)23/h2-9,14H,10-13,15H2,1H3/b20-14+. The van der Waals surface area contributed by atoms with Crippen LogP contribution in [0.2, 0.25) is 0 Å². The Morgan fingerprint density at radius 1 is 1.00 bits per heavy atom. The summed E-state index contributed by atoms with van der Waals surface area (Å²) in [5.74, 6) is -0.767. The largest absolute Gasteiger partial charge is 0.369 e. The molecule has 4 rings (SSSR count). The average Bonchev–Trinajstić information content (AvgIpc) is 2.98. The minimum absolute atomic E-state index is 0.263. The summed E-state index contributed by atoms with van der Waals surface area (Å²) in [6.07, 6.45) is 1.45. The molecule has 2 aliphatic rings. The van der Waals surface area contributed by atoms with Gasteiger partial charge in [-0.1, -0.05) is 36.4 Å². The van der Waals surface area contributed by atoms with Crippen LogP contribution in [0, 0.1) is 12.7 Å². The van der Waals surface area contributed by atoms with E-state index in [0.29, 0.717) is 5.56 Å². The Morgan fingerprint density at radius 2 is 1.69 bits per heavy atom. The fraction of sp³-hybridized carbons (Fsp3) is 0.273. The number of carbonyl (C=O) groups excluding carboxylic acids is 2. The van der Waals surface area contributed by atoms with Crippen LogP contribution in [0.3, 0.4) is 0 Å². The highest BCUT2D eigenvalue weighted by Crippen LogP contribution is 2.33. The number of nitrogens with zero attached hydrogens (tertiary/aromatic N) is 3.